The molecule has 0 N–H and O–H groups in total. The van der Waals surface area contributed by atoms with Crippen molar-refractivity contribution in [2.24, 2.45) is 0 Å². The van der Waals surface area contributed by atoms with E-state index in [-0.39, 0.29) is 0 Å². The minimum absolute atomic E-state index is 0.953. The Bertz CT molecular complexity index is 1900. The zero-order valence-corrected chi connectivity index (χ0v) is 38.0. The molecule has 0 bridgehead atoms. The van der Waals surface area contributed by atoms with Gasteiger partial charge in [-0.3, -0.25) is 0 Å². The average molecular weight is 719 g/mol. The van der Waals surface area contributed by atoms with E-state index in [1.807, 2.05) is 0 Å². The van der Waals surface area contributed by atoms with E-state index >= 15 is 0 Å². The van der Waals surface area contributed by atoms with Gasteiger partial charge >= 0.3 is 0 Å². The lowest BCUT2D eigenvalue weighted by atomic mass is 9.79. The molecule has 0 fully saturated rings. The van der Waals surface area contributed by atoms with E-state index < -0.39 is 0 Å². The molecular formula is C54H70. The molecule has 0 amide bonds. The van der Waals surface area contributed by atoms with Crippen LogP contribution in [0.4, 0.5) is 0 Å². The molecule has 0 aliphatic rings. The normalized spacial score (nSPS) is 11.6. The van der Waals surface area contributed by atoms with Crippen LogP contribution in [-0.2, 0) is 25.7 Å². The summed E-state index contributed by atoms with van der Waals surface area (Å²) < 4.78 is 0. The zero-order chi connectivity index (χ0) is 40.4. The Balaban J connectivity index is 1.88. The van der Waals surface area contributed by atoms with Crippen LogP contribution in [0.25, 0.3) is 0 Å². The van der Waals surface area contributed by atoms with Gasteiger partial charge in [0.2, 0.25) is 0 Å². The van der Waals surface area contributed by atoms with Crippen LogP contribution in [0.5, 0.6) is 0 Å². The summed E-state index contributed by atoms with van der Waals surface area (Å²) in [7, 11) is 0. The first kappa shape index (κ1) is 41.3. The Labute approximate surface area is 330 Å². The van der Waals surface area contributed by atoms with Crippen molar-refractivity contribution in [3.05, 3.63) is 168 Å². The van der Waals surface area contributed by atoms with Crippen LogP contribution in [0.1, 0.15) is 156 Å². The SMILES string of the molecule is Cc1c(C)c(C)c(Cc2cc(Cc3c(C)c(C)c(C)c(C)c3C)c(Cc3c(C)c(C)c(C)c(C)c3C)cc2Cc2c(C)c(C)c(C)c(C)c2C)c(C)c1C. The van der Waals surface area contributed by atoms with Gasteiger partial charge in [0.15, 0.2) is 0 Å². The van der Waals surface area contributed by atoms with Gasteiger partial charge in [0.25, 0.3) is 0 Å². The Hall–Kier alpha value is -3.90. The van der Waals surface area contributed by atoms with Crippen molar-refractivity contribution < 1.29 is 0 Å². The van der Waals surface area contributed by atoms with Gasteiger partial charge in [-0.1, -0.05) is 12.1 Å². The van der Waals surface area contributed by atoms with E-state index in [0.717, 1.165) is 25.7 Å². The predicted molar refractivity (Wildman–Crippen MR) is 238 cm³/mol. The molecule has 0 nitrogen and oxygen atoms in total. The van der Waals surface area contributed by atoms with Crippen LogP contribution in [0.2, 0.25) is 0 Å². The summed E-state index contributed by atoms with van der Waals surface area (Å²) in [5.74, 6) is 0. The maximum Gasteiger partial charge on any atom is -0.00174 e. The molecule has 5 aromatic carbocycles. The van der Waals surface area contributed by atoms with Crippen LogP contribution < -0.4 is 0 Å². The van der Waals surface area contributed by atoms with Gasteiger partial charge in [-0.15, -0.1) is 0 Å². The molecule has 0 heterocycles. The average Bonchev–Trinajstić information content (AvgIpc) is 3.15. The summed E-state index contributed by atoms with van der Waals surface area (Å²) in [5, 5.41) is 0. The fourth-order valence-electron chi connectivity index (χ4n) is 9.58. The second-order valence-electron chi connectivity index (χ2n) is 17.5. The molecule has 54 heavy (non-hydrogen) atoms. The molecule has 0 radical (unpaired) electrons. The van der Waals surface area contributed by atoms with Crippen molar-refractivity contribution >= 4 is 0 Å². The Morgan fingerprint density at radius 1 is 0.185 bits per heavy atom. The van der Waals surface area contributed by atoms with Crippen molar-refractivity contribution in [3.63, 3.8) is 0 Å². The second-order valence-corrected chi connectivity index (χ2v) is 17.5. The molecule has 0 unspecified atom stereocenters. The van der Waals surface area contributed by atoms with Crippen LogP contribution in [0.15, 0.2) is 12.1 Å². The van der Waals surface area contributed by atoms with E-state index in [0.29, 0.717) is 0 Å². The van der Waals surface area contributed by atoms with E-state index in [4.69, 9.17) is 0 Å². The summed E-state index contributed by atoms with van der Waals surface area (Å²) in [6, 6.07) is 5.32. The van der Waals surface area contributed by atoms with Gasteiger partial charge in [0.05, 0.1) is 0 Å². The van der Waals surface area contributed by atoms with E-state index in [9.17, 15) is 0 Å². The molecule has 0 saturated heterocycles. The van der Waals surface area contributed by atoms with Crippen molar-refractivity contribution in [1.82, 2.24) is 0 Å². The van der Waals surface area contributed by atoms with Gasteiger partial charge < -0.3 is 0 Å². The summed E-state index contributed by atoms with van der Waals surface area (Å²) in [6.45, 7) is 46.7. The predicted octanol–water partition coefficient (Wildman–Crippen LogP) is 14.2. The maximum absolute atomic E-state index is 2.66. The Morgan fingerprint density at radius 3 is 0.426 bits per heavy atom. The lowest BCUT2D eigenvalue weighted by Gasteiger charge is -2.25. The van der Waals surface area contributed by atoms with Crippen molar-refractivity contribution in [3.8, 4) is 0 Å². The first-order valence-corrected chi connectivity index (χ1v) is 20.5. The monoisotopic (exact) mass is 719 g/mol. The summed E-state index contributed by atoms with van der Waals surface area (Å²) in [5.41, 5.74) is 40.9. The lowest BCUT2D eigenvalue weighted by molar-refractivity contribution is 0.970. The minimum atomic E-state index is 0.953. The van der Waals surface area contributed by atoms with Crippen LogP contribution in [0.3, 0.4) is 0 Å². The molecular weight excluding hydrogens is 649 g/mol. The van der Waals surface area contributed by atoms with E-state index in [1.54, 1.807) is 0 Å². The summed E-state index contributed by atoms with van der Waals surface area (Å²) in [6.07, 6.45) is 3.81. The third-order valence-corrected chi connectivity index (χ3v) is 15.6. The smallest absolute Gasteiger partial charge is 0.00174 e. The third-order valence-electron chi connectivity index (χ3n) is 15.6. The first-order valence-electron chi connectivity index (χ1n) is 20.5. The van der Waals surface area contributed by atoms with Gasteiger partial charge in [-0.2, -0.15) is 0 Å². The standard InChI is InChI=1S/C54H70/c1-27-31(5)39(13)51(40(14)32(27)6)23-47-21-49(25-53-43(17)35(9)29(3)36(10)44(53)18)50(26-54-45(19)37(11)30(4)38(12)46(54)20)22-48(47)24-52-41(15)33(7)28(2)34(8)42(52)16/h21-22H,23-26H2,1-20H3. The highest BCUT2D eigenvalue weighted by Crippen LogP contribution is 2.37. The van der Waals surface area contributed by atoms with Gasteiger partial charge in [-0.25, -0.2) is 0 Å². The second kappa shape index (κ2) is 15.3. The van der Waals surface area contributed by atoms with Crippen LogP contribution >= 0.6 is 0 Å². The molecule has 0 aliphatic heterocycles. The third kappa shape index (κ3) is 6.93. The fourth-order valence-corrected chi connectivity index (χ4v) is 9.58. The molecule has 0 heteroatoms. The molecule has 5 aromatic rings. The molecule has 0 aromatic heterocycles. The Kier molecular flexibility index (Phi) is 11.7. The molecule has 0 saturated carbocycles. The molecule has 0 atom stereocenters. The van der Waals surface area contributed by atoms with Gasteiger partial charge in [0, 0.05) is 0 Å². The lowest BCUT2D eigenvalue weighted by Crippen LogP contribution is -2.12. The highest BCUT2D eigenvalue weighted by Gasteiger charge is 2.22. The number of rotatable bonds is 8. The van der Waals surface area contributed by atoms with Crippen molar-refractivity contribution in [2.45, 2.75) is 164 Å². The number of hydrogen-bond donors (Lipinski definition) is 0. The van der Waals surface area contributed by atoms with Crippen molar-refractivity contribution in [2.75, 3.05) is 0 Å². The number of benzene rings is 5. The molecule has 286 valence electrons. The topological polar surface area (TPSA) is 0 Å². The summed E-state index contributed by atoms with van der Waals surface area (Å²) >= 11 is 0. The minimum Gasteiger partial charge on any atom is -0.0546 e. The highest BCUT2D eigenvalue weighted by molar-refractivity contribution is 5.59. The van der Waals surface area contributed by atoms with Crippen LogP contribution in [0, 0.1) is 138 Å². The van der Waals surface area contributed by atoms with Crippen LogP contribution in [-0.4, -0.2) is 0 Å². The van der Waals surface area contributed by atoms with E-state index in [2.05, 4.69) is 151 Å². The molecule has 5 rings (SSSR count). The molecule has 0 aliphatic carbocycles. The first-order chi connectivity index (χ1) is 25.1. The molecule has 0 spiro atoms. The highest BCUT2D eigenvalue weighted by atomic mass is 14.3. The Morgan fingerprint density at radius 2 is 0.296 bits per heavy atom. The maximum atomic E-state index is 2.66. The largest absolute Gasteiger partial charge is 0.0546 e. The van der Waals surface area contributed by atoms with Crippen molar-refractivity contribution in [1.29, 1.82) is 0 Å². The van der Waals surface area contributed by atoms with E-state index in [1.165, 1.54) is 156 Å². The van der Waals surface area contributed by atoms with Gasteiger partial charge in [0.1, 0.15) is 0 Å². The fraction of sp³-hybridized carbons (Fsp3) is 0.444. The zero-order valence-electron chi connectivity index (χ0n) is 38.0. The van der Waals surface area contributed by atoms with Gasteiger partial charge in [-0.05, 0) is 320 Å². The quantitative estimate of drug-likeness (QED) is 0.150. The number of hydrogen-bond acceptors (Lipinski definition) is 0. The summed E-state index contributed by atoms with van der Waals surface area (Å²) in [4.78, 5) is 0.